The Kier molecular flexibility index (Phi) is 13.3. The summed E-state index contributed by atoms with van der Waals surface area (Å²) in [4.78, 5) is 46.7. The van der Waals surface area contributed by atoms with Gasteiger partial charge in [-0.2, -0.15) is 20.4 Å². The number of anilines is 2. The van der Waals surface area contributed by atoms with Gasteiger partial charge >= 0.3 is 0 Å². The third-order valence-electron chi connectivity index (χ3n) is 10.3. The number of carbonyl (C=O) groups excluding carboxylic acids is 2. The Morgan fingerprint density at radius 2 is 1.17 bits per heavy atom. The topological polar surface area (TPSA) is 211 Å². The van der Waals surface area contributed by atoms with Gasteiger partial charge in [-0.3, -0.25) is 48.5 Å². The number of aromatic nitrogens is 12. The van der Waals surface area contributed by atoms with E-state index in [4.69, 9.17) is 35.5 Å². The molecule has 10 heterocycles. The summed E-state index contributed by atoms with van der Waals surface area (Å²) in [7, 11) is 6.19. The smallest absolute Gasteiger partial charge is 0.260 e. The van der Waals surface area contributed by atoms with Crippen LogP contribution in [0.5, 0.6) is 23.3 Å². The Labute approximate surface area is 377 Å². The Morgan fingerprint density at radius 3 is 1.65 bits per heavy atom. The molecule has 0 aromatic carbocycles. The number of rotatable bonds is 13. The Morgan fingerprint density at radius 1 is 0.631 bits per heavy atom. The molecule has 65 heavy (non-hydrogen) atoms. The lowest BCUT2D eigenvalue weighted by Crippen LogP contribution is -2.22. The fourth-order valence-electron chi connectivity index (χ4n) is 7.01. The third kappa shape index (κ3) is 9.61. The van der Waals surface area contributed by atoms with Crippen molar-refractivity contribution in [2.75, 3.05) is 44.1 Å². The number of aryl methyl sites for hydroxylation is 3. The first-order valence-corrected chi connectivity index (χ1v) is 20.7. The van der Waals surface area contributed by atoms with E-state index in [1.807, 2.05) is 53.6 Å². The van der Waals surface area contributed by atoms with Crippen molar-refractivity contribution in [3.8, 4) is 45.8 Å². The van der Waals surface area contributed by atoms with Gasteiger partial charge in [0.2, 0.25) is 0 Å². The number of aromatic amines is 1. The SMILES string of the molecule is COc1cc(-c2ccc3c(n2)CN(c2cn[nH]c2)C3=O)cnc1OC.COc1cc(-c2ccc3c(n2)CN(c2cnn(CCn4cccn4)c2)C3=O)cnc1OC.ClCCn1cccn1. The number of alkyl halides is 1. The number of pyridine rings is 4. The molecule has 332 valence electrons. The predicted octanol–water partition coefficient (Wildman–Crippen LogP) is 5.58. The third-order valence-corrected chi connectivity index (χ3v) is 10.5. The summed E-state index contributed by atoms with van der Waals surface area (Å²) in [6, 6.07) is 14.6. The van der Waals surface area contributed by atoms with E-state index in [0.29, 0.717) is 83.5 Å². The molecule has 2 aliphatic heterocycles. The number of amides is 2. The Bertz CT molecular complexity index is 2870. The molecular formula is C44H43ClN14O6. The van der Waals surface area contributed by atoms with Crippen LogP contribution >= 0.6 is 11.6 Å². The van der Waals surface area contributed by atoms with Crippen LogP contribution in [0.15, 0.2) is 110 Å². The molecule has 0 bridgehead atoms. The van der Waals surface area contributed by atoms with Crippen LogP contribution in [-0.4, -0.2) is 106 Å². The average Bonchev–Trinajstić information content (AvgIpc) is 4.22. The zero-order valence-corrected chi connectivity index (χ0v) is 36.5. The van der Waals surface area contributed by atoms with Gasteiger partial charge in [0.15, 0.2) is 11.5 Å². The van der Waals surface area contributed by atoms with Crippen LogP contribution < -0.4 is 28.7 Å². The second kappa shape index (κ2) is 19.9. The first-order chi connectivity index (χ1) is 31.8. The van der Waals surface area contributed by atoms with Crippen molar-refractivity contribution >= 4 is 34.8 Å². The maximum Gasteiger partial charge on any atom is 0.260 e. The summed E-state index contributed by atoms with van der Waals surface area (Å²) in [5.41, 5.74) is 7.07. The van der Waals surface area contributed by atoms with Crippen LogP contribution in [0.1, 0.15) is 32.1 Å². The molecule has 0 saturated carbocycles. The Hall–Kier alpha value is -8.13. The van der Waals surface area contributed by atoms with E-state index in [1.165, 1.54) is 14.2 Å². The maximum atomic E-state index is 13.0. The molecule has 0 aliphatic carbocycles. The predicted molar refractivity (Wildman–Crippen MR) is 238 cm³/mol. The minimum Gasteiger partial charge on any atom is -0.491 e. The minimum absolute atomic E-state index is 0.0825. The monoisotopic (exact) mass is 898 g/mol. The van der Waals surface area contributed by atoms with E-state index in [-0.39, 0.29) is 11.8 Å². The van der Waals surface area contributed by atoms with Gasteiger partial charge in [0.05, 0.1) is 119 Å². The molecule has 0 saturated heterocycles. The summed E-state index contributed by atoms with van der Waals surface area (Å²) in [6.07, 6.45) is 17.5. The molecule has 8 aromatic heterocycles. The van der Waals surface area contributed by atoms with E-state index >= 15 is 0 Å². The number of nitrogens with zero attached hydrogens (tertiary/aromatic N) is 13. The van der Waals surface area contributed by atoms with Gasteiger partial charge < -0.3 is 18.9 Å². The van der Waals surface area contributed by atoms with Crippen LogP contribution in [-0.2, 0) is 32.7 Å². The number of carbonyl (C=O) groups is 2. The van der Waals surface area contributed by atoms with Crippen LogP contribution in [0, 0.1) is 0 Å². The lowest BCUT2D eigenvalue weighted by atomic mass is 10.1. The number of nitrogens with one attached hydrogen (secondary N) is 1. The van der Waals surface area contributed by atoms with Crippen molar-refractivity contribution in [3.05, 3.63) is 133 Å². The van der Waals surface area contributed by atoms with Crippen molar-refractivity contribution in [1.29, 1.82) is 0 Å². The van der Waals surface area contributed by atoms with E-state index in [2.05, 4.69) is 40.4 Å². The molecular weight excluding hydrogens is 856 g/mol. The average molecular weight is 899 g/mol. The van der Waals surface area contributed by atoms with Crippen LogP contribution in [0.4, 0.5) is 11.4 Å². The molecule has 20 nitrogen and oxygen atoms in total. The number of hydrogen-bond donors (Lipinski definition) is 1. The highest BCUT2D eigenvalue weighted by molar-refractivity contribution is 6.17. The molecule has 2 aliphatic rings. The maximum absolute atomic E-state index is 13.0. The van der Waals surface area contributed by atoms with E-state index in [9.17, 15) is 9.59 Å². The van der Waals surface area contributed by atoms with Gasteiger partial charge in [-0.1, -0.05) is 0 Å². The molecule has 10 rings (SSSR count). The number of H-pyrrole nitrogens is 1. The van der Waals surface area contributed by atoms with Crippen molar-refractivity contribution < 1.29 is 28.5 Å². The zero-order chi connectivity index (χ0) is 45.3. The first kappa shape index (κ1) is 43.5. The number of hydrogen-bond acceptors (Lipinski definition) is 14. The molecule has 0 atom stereocenters. The van der Waals surface area contributed by atoms with Crippen molar-refractivity contribution in [1.82, 2.24) is 59.5 Å². The van der Waals surface area contributed by atoms with Gasteiger partial charge in [0, 0.05) is 66.6 Å². The van der Waals surface area contributed by atoms with Crippen molar-refractivity contribution in [2.45, 2.75) is 32.7 Å². The number of fused-ring (bicyclic) bond motifs is 2. The molecule has 1 N–H and O–H groups in total. The number of halogens is 1. The van der Waals surface area contributed by atoms with Gasteiger partial charge in [0.1, 0.15) is 0 Å². The van der Waals surface area contributed by atoms with Gasteiger partial charge in [-0.15, -0.1) is 11.6 Å². The van der Waals surface area contributed by atoms with Crippen molar-refractivity contribution in [3.63, 3.8) is 0 Å². The van der Waals surface area contributed by atoms with Gasteiger partial charge in [-0.25, -0.2) is 9.97 Å². The molecule has 2 amide bonds. The number of ether oxygens (including phenoxy) is 4. The molecule has 0 unspecified atom stereocenters. The second-order valence-corrected chi connectivity index (χ2v) is 14.6. The van der Waals surface area contributed by atoms with Crippen LogP contribution in [0.25, 0.3) is 22.5 Å². The molecule has 0 spiro atoms. The summed E-state index contributed by atoms with van der Waals surface area (Å²) in [5, 5.41) is 19.1. The molecule has 21 heteroatoms. The van der Waals surface area contributed by atoms with Crippen LogP contribution in [0.2, 0.25) is 0 Å². The number of methoxy groups -OCH3 is 4. The first-order valence-electron chi connectivity index (χ1n) is 20.1. The summed E-state index contributed by atoms with van der Waals surface area (Å²) >= 11 is 5.43. The molecule has 0 fully saturated rings. The highest BCUT2D eigenvalue weighted by Crippen LogP contribution is 2.34. The largest absolute Gasteiger partial charge is 0.491 e. The quantitative estimate of drug-likeness (QED) is 0.140. The lowest BCUT2D eigenvalue weighted by Gasteiger charge is -2.12. The lowest BCUT2D eigenvalue weighted by molar-refractivity contribution is 0.0989. The van der Waals surface area contributed by atoms with Crippen molar-refractivity contribution in [2.24, 2.45) is 0 Å². The summed E-state index contributed by atoms with van der Waals surface area (Å²) in [5.74, 6) is 2.32. The standard InChI is InChI=1S/C22H21N7O3.C17H15N5O3.C5H7ClN2/c1-31-20-10-15(11-23-21(20)32-2)18-5-4-17-19(26-18)14-29(22(17)30)16-12-25-28(13-16)9-8-27-7-3-6-24-27;1-24-15-5-10(6-18-16(15)25-2)13-4-3-12-14(21-13)9-22(17(12)23)11-7-19-20-8-11;6-2-5-8-4-1-3-7-8/h3-7,10-13H,8-9,14H2,1-2H3;3-8H,9H2,1-2H3,(H,19,20);1,3-4H,2,5H2. The van der Waals surface area contributed by atoms with E-state index < -0.39 is 0 Å². The minimum atomic E-state index is -0.0869. The van der Waals surface area contributed by atoms with Crippen LogP contribution in [0.3, 0.4) is 0 Å². The normalized spacial score (nSPS) is 12.5. The highest BCUT2D eigenvalue weighted by Gasteiger charge is 2.32. The van der Waals surface area contributed by atoms with Gasteiger partial charge in [0.25, 0.3) is 23.6 Å². The highest BCUT2D eigenvalue weighted by atomic mass is 35.5. The fourth-order valence-corrected chi connectivity index (χ4v) is 7.19. The zero-order valence-electron chi connectivity index (χ0n) is 35.8. The summed E-state index contributed by atoms with van der Waals surface area (Å²) in [6.45, 7) is 2.95. The fraction of sp³-hybridized carbons (Fsp3) is 0.227. The van der Waals surface area contributed by atoms with E-state index in [1.54, 1.807) is 95.0 Å². The molecule has 8 aromatic rings. The molecule has 0 radical (unpaired) electrons. The summed E-state index contributed by atoms with van der Waals surface area (Å²) < 4.78 is 26.4. The second-order valence-electron chi connectivity index (χ2n) is 14.2. The van der Waals surface area contributed by atoms with E-state index in [0.717, 1.165) is 34.7 Å². The Balaban J connectivity index is 0.000000155. The van der Waals surface area contributed by atoms with Gasteiger partial charge in [-0.05, 0) is 48.5 Å².